The van der Waals surface area contributed by atoms with Gasteiger partial charge in [-0.15, -0.1) is 0 Å². The summed E-state index contributed by atoms with van der Waals surface area (Å²) < 4.78 is 6.51. The fourth-order valence-corrected chi connectivity index (χ4v) is 6.70. The molecule has 0 aromatic carbocycles. The summed E-state index contributed by atoms with van der Waals surface area (Å²) in [5, 5.41) is 14.6. The summed E-state index contributed by atoms with van der Waals surface area (Å²) in [7, 11) is 0. The Morgan fingerprint density at radius 3 is 2.82 bits per heavy atom. The van der Waals surface area contributed by atoms with E-state index in [2.05, 4.69) is 46.2 Å². The first-order chi connectivity index (χ1) is 16.6. The molecule has 1 aromatic heterocycles. The molecule has 7 heteroatoms. The number of carbonyl (C=O) groups excluding carboxylic acids is 1. The summed E-state index contributed by atoms with van der Waals surface area (Å²) in [4.78, 5) is 17.2. The van der Waals surface area contributed by atoms with E-state index >= 15 is 0 Å². The molecule has 4 N–H and O–H groups in total. The molecule has 4 heterocycles. The van der Waals surface area contributed by atoms with Crippen LogP contribution in [0.4, 0.5) is 0 Å². The summed E-state index contributed by atoms with van der Waals surface area (Å²) in [6.07, 6.45) is 12.8. The number of aromatic nitrogens is 1. The van der Waals surface area contributed by atoms with E-state index in [0.29, 0.717) is 11.8 Å². The zero-order valence-corrected chi connectivity index (χ0v) is 20.9. The molecule has 4 fully saturated rings. The Morgan fingerprint density at radius 1 is 1.15 bits per heavy atom. The van der Waals surface area contributed by atoms with E-state index in [0.717, 1.165) is 45.0 Å². The Hall–Kier alpha value is -1.54. The Kier molecular flexibility index (Phi) is 7.83. The molecule has 1 amide bonds. The molecular formula is C27H43N5O2. The van der Waals surface area contributed by atoms with Gasteiger partial charge in [0.05, 0.1) is 18.3 Å². The molecule has 7 nitrogen and oxygen atoms in total. The van der Waals surface area contributed by atoms with Gasteiger partial charge in [-0.05, 0) is 62.1 Å². The Morgan fingerprint density at radius 2 is 2.00 bits per heavy atom. The lowest BCUT2D eigenvalue weighted by atomic mass is 9.71. The molecule has 34 heavy (non-hydrogen) atoms. The van der Waals surface area contributed by atoms with Crippen LogP contribution in [0.25, 0.3) is 0 Å². The summed E-state index contributed by atoms with van der Waals surface area (Å²) in [5.41, 5.74) is 2.47. The first kappa shape index (κ1) is 24.2. The highest BCUT2D eigenvalue weighted by Crippen LogP contribution is 2.38. The average molecular weight is 470 g/mol. The quantitative estimate of drug-likeness (QED) is 0.512. The van der Waals surface area contributed by atoms with Crippen molar-refractivity contribution in [2.24, 2.45) is 17.8 Å². The van der Waals surface area contributed by atoms with Crippen molar-refractivity contribution < 1.29 is 9.53 Å². The maximum atomic E-state index is 12.7. The first-order valence-electron chi connectivity index (χ1n) is 13.6. The van der Waals surface area contributed by atoms with Crippen LogP contribution < -0.4 is 21.3 Å². The van der Waals surface area contributed by atoms with Crippen LogP contribution in [-0.2, 0) is 9.53 Å². The van der Waals surface area contributed by atoms with E-state index in [1.54, 1.807) is 0 Å². The Bertz CT molecular complexity index is 829. The molecule has 4 aliphatic rings. The number of aryl methyl sites for hydroxylation is 1. The highest BCUT2D eigenvalue weighted by Gasteiger charge is 2.46. The van der Waals surface area contributed by atoms with E-state index < -0.39 is 0 Å². The van der Waals surface area contributed by atoms with Gasteiger partial charge in [-0.2, -0.15) is 0 Å². The molecule has 1 aromatic rings. The third kappa shape index (κ3) is 5.48. The molecule has 0 bridgehead atoms. The van der Waals surface area contributed by atoms with Crippen molar-refractivity contribution in [3.05, 3.63) is 29.6 Å². The highest BCUT2D eigenvalue weighted by atomic mass is 16.5. The van der Waals surface area contributed by atoms with Gasteiger partial charge in [-0.3, -0.25) is 20.4 Å². The molecule has 3 saturated heterocycles. The van der Waals surface area contributed by atoms with Crippen molar-refractivity contribution in [1.29, 1.82) is 0 Å². The van der Waals surface area contributed by atoms with Crippen LogP contribution >= 0.6 is 0 Å². The summed E-state index contributed by atoms with van der Waals surface area (Å²) in [6.45, 7) is 7.83. The standard InChI is InChI=1S/C27H43N5O2/c1-17-10-20(13-29-12-17)22-14-30-26(25-21(22)11-18(2)27(33)32-25)31-23-8-9-28-15-24(23)34-16-19-6-4-3-5-7-19/h10,12-13,18-19,21-26,28,30-31H,3-9,11,14-16H2,1-2H3,(H,32,33)/t18?,21?,22?,23-,24-,25?,26?/m0/s1. The molecular weight excluding hydrogens is 426 g/mol. The number of fused-ring (bicyclic) bond motifs is 1. The number of rotatable bonds is 6. The molecule has 0 radical (unpaired) electrons. The Labute approximate surface area is 204 Å². The molecule has 7 atom stereocenters. The monoisotopic (exact) mass is 469 g/mol. The van der Waals surface area contributed by atoms with Gasteiger partial charge in [-0.1, -0.05) is 32.3 Å². The number of piperidine rings is 3. The first-order valence-corrected chi connectivity index (χ1v) is 13.6. The molecule has 5 unspecified atom stereocenters. The van der Waals surface area contributed by atoms with Gasteiger partial charge in [0.25, 0.3) is 0 Å². The van der Waals surface area contributed by atoms with Crippen LogP contribution in [0.3, 0.4) is 0 Å². The van der Waals surface area contributed by atoms with Crippen molar-refractivity contribution >= 4 is 5.91 Å². The van der Waals surface area contributed by atoms with Gasteiger partial charge in [0.15, 0.2) is 0 Å². The fourth-order valence-electron chi connectivity index (χ4n) is 6.70. The number of hydrogen-bond acceptors (Lipinski definition) is 6. The number of amides is 1. The summed E-state index contributed by atoms with van der Waals surface area (Å²) in [6, 6.07) is 2.61. The molecule has 1 aliphatic carbocycles. The minimum absolute atomic E-state index is 0.0470. The van der Waals surface area contributed by atoms with E-state index in [1.807, 2.05) is 12.4 Å². The number of pyridine rings is 1. The second-order valence-electron chi connectivity index (χ2n) is 11.3. The number of nitrogens with zero attached hydrogens (tertiary/aromatic N) is 1. The van der Waals surface area contributed by atoms with E-state index in [9.17, 15) is 4.79 Å². The highest BCUT2D eigenvalue weighted by molar-refractivity contribution is 5.79. The van der Waals surface area contributed by atoms with E-state index in [1.165, 1.54) is 43.2 Å². The smallest absolute Gasteiger partial charge is 0.223 e. The normalized spacial score (nSPS) is 37.1. The minimum atomic E-state index is 0.0470. The van der Waals surface area contributed by atoms with Crippen LogP contribution in [0.5, 0.6) is 0 Å². The fraction of sp³-hybridized carbons (Fsp3) is 0.778. The van der Waals surface area contributed by atoms with Gasteiger partial charge < -0.3 is 15.4 Å². The lowest BCUT2D eigenvalue weighted by molar-refractivity contribution is -0.130. The lowest BCUT2D eigenvalue weighted by Crippen LogP contribution is -2.71. The average Bonchev–Trinajstić information content (AvgIpc) is 2.85. The SMILES string of the molecule is Cc1cncc(C2CNC(N[C@H]3CCNC[C@@H]3OCC3CCCCC3)C3NC(=O)C(C)CC23)c1. The van der Waals surface area contributed by atoms with Gasteiger partial charge in [0.1, 0.15) is 0 Å². The van der Waals surface area contributed by atoms with Crippen molar-refractivity contribution in [2.45, 2.75) is 89.1 Å². The van der Waals surface area contributed by atoms with Crippen molar-refractivity contribution in [3.8, 4) is 0 Å². The second kappa shape index (κ2) is 11.0. The van der Waals surface area contributed by atoms with Crippen LogP contribution in [-0.4, -0.2) is 61.5 Å². The maximum absolute atomic E-state index is 12.7. The number of nitrogens with one attached hydrogen (secondary N) is 4. The Balaban J connectivity index is 1.27. The van der Waals surface area contributed by atoms with Gasteiger partial charge in [0, 0.05) is 50.0 Å². The third-order valence-electron chi connectivity index (χ3n) is 8.69. The number of ether oxygens (including phenoxy) is 1. The molecule has 0 spiro atoms. The van der Waals surface area contributed by atoms with Gasteiger partial charge in [-0.25, -0.2) is 0 Å². The largest absolute Gasteiger partial charge is 0.375 e. The van der Waals surface area contributed by atoms with Crippen molar-refractivity contribution in [3.63, 3.8) is 0 Å². The predicted octanol–water partition coefficient (Wildman–Crippen LogP) is 2.46. The van der Waals surface area contributed by atoms with Gasteiger partial charge in [0.2, 0.25) is 5.91 Å². The second-order valence-corrected chi connectivity index (χ2v) is 11.3. The zero-order valence-electron chi connectivity index (χ0n) is 20.9. The molecule has 3 aliphatic heterocycles. The third-order valence-corrected chi connectivity index (χ3v) is 8.69. The van der Waals surface area contributed by atoms with Crippen molar-refractivity contribution in [2.75, 3.05) is 26.2 Å². The van der Waals surface area contributed by atoms with E-state index in [-0.39, 0.29) is 36.2 Å². The van der Waals surface area contributed by atoms with E-state index in [4.69, 9.17) is 4.74 Å². The van der Waals surface area contributed by atoms with Gasteiger partial charge >= 0.3 is 0 Å². The molecule has 188 valence electrons. The zero-order chi connectivity index (χ0) is 23.5. The predicted molar refractivity (Wildman–Crippen MR) is 133 cm³/mol. The van der Waals surface area contributed by atoms with Crippen LogP contribution in [0.15, 0.2) is 18.5 Å². The summed E-state index contributed by atoms with van der Waals surface area (Å²) in [5.74, 6) is 1.68. The van der Waals surface area contributed by atoms with Crippen molar-refractivity contribution in [1.82, 2.24) is 26.3 Å². The minimum Gasteiger partial charge on any atom is -0.375 e. The van der Waals surface area contributed by atoms with Crippen LogP contribution in [0.1, 0.15) is 68.9 Å². The lowest BCUT2D eigenvalue weighted by Gasteiger charge is -2.49. The molecule has 5 rings (SSSR count). The maximum Gasteiger partial charge on any atom is 0.223 e. The topological polar surface area (TPSA) is 87.3 Å². The number of hydrogen-bond donors (Lipinski definition) is 4. The molecule has 1 saturated carbocycles. The van der Waals surface area contributed by atoms with Crippen LogP contribution in [0.2, 0.25) is 0 Å². The summed E-state index contributed by atoms with van der Waals surface area (Å²) >= 11 is 0. The van der Waals surface area contributed by atoms with Crippen LogP contribution in [0, 0.1) is 24.7 Å². The number of carbonyl (C=O) groups is 1.